The van der Waals surface area contributed by atoms with Crippen LogP contribution in [0.1, 0.15) is 5.82 Å². The minimum Gasteiger partial charge on any atom is -0.394 e. The topological polar surface area (TPSA) is 70.5 Å². The molecule has 0 aliphatic carbocycles. The Hall–Kier alpha value is -1.66. The lowest BCUT2D eigenvalue weighted by molar-refractivity contribution is 0.00335. The third-order valence-electron chi connectivity index (χ3n) is 2.92. The lowest BCUT2D eigenvalue weighted by Crippen LogP contribution is -2.44. The predicted octanol–water partition coefficient (Wildman–Crippen LogP) is 0.580. The van der Waals surface area contributed by atoms with Crippen molar-refractivity contribution in [3.63, 3.8) is 0 Å². The van der Waals surface area contributed by atoms with E-state index in [2.05, 4.69) is 26.8 Å². The summed E-state index contributed by atoms with van der Waals surface area (Å²) in [5.41, 5.74) is 0. The first-order chi connectivity index (χ1) is 9.22. The maximum atomic E-state index is 9.17. The van der Waals surface area contributed by atoms with Gasteiger partial charge in [0.2, 0.25) is 0 Å². The zero-order chi connectivity index (χ0) is 13.7. The second-order valence-electron chi connectivity index (χ2n) is 4.45. The van der Waals surface area contributed by atoms with Gasteiger partial charge in [0.15, 0.2) is 0 Å². The number of hydrogen-bond donors (Lipinski definition) is 2. The van der Waals surface area contributed by atoms with Crippen molar-refractivity contribution in [1.29, 1.82) is 0 Å². The molecule has 1 unspecified atom stereocenters. The minimum absolute atomic E-state index is 0.0299. The van der Waals surface area contributed by atoms with Gasteiger partial charge < -0.3 is 20.1 Å². The maximum absolute atomic E-state index is 9.17. The molecule has 1 aromatic rings. The SMILES string of the molecule is C=CCNc1cc(N2CCOC(CO)C2)nc(C)n1. The Morgan fingerprint density at radius 3 is 3.21 bits per heavy atom. The van der Waals surface area contributed by atoms with E-state index in [-0.39, 0.29) is 12.7 Å². The van der Waals surface area contributed by atoms with Crippen LogP contribution in [-0.4, -0.2) is 54.0 Å². The molecule has 0 spiro atoms. The van der Waals surface area contributed by atoms with Crippen LogP contribution < -0.4 is 10.2 Å². The Kier molecular flexibility index (Phi) is 4.70. The number of anilines is 2. The number of nitrogens with zero attached hydrogens (tertiary/aromatic N) is 3. The average Bonchev–Trinajstić information content (AvgIpc) is 2.44. The molecule has 1 saturated heterocycles. The van der Waals surface area contributed by atoms with Crippen molar-refractivity contribution in [1.82, 2.24) is 9.97 Å². The summed E-state index contributed by atoms with van der Waals surface area (Å²) >= 11 is 0. The number of aromatic nitrogens is 2. The number of aliphatic hydroxyl groups excluding tert-OH is 1. The molecule has 6 heteroatoms. The Morgan fingerprint density at radius 1 is 1.63 bits per heavy atom. The van der Waals surface area contributed by atoms with Crippen LogP contribution in [-0.2, 0) is 4.74 Å². The van der Waals surface area contributed by atoms with Gasteiger partial charge >= 0.3 is 0 Å². The molecule has 6 nitrogen and oxygen atoms in total. The van der Waals surface area contributed by atoms with E-state index in [4.69, 9.17) is 4.74 Å². The third kappa shape index (κ3) is 3.65. The number of rotatable bonds is 5. The number of ether oxygens (including phenoxy) is 1. The van der Waals surface area contributed by atoms with Crippen molar-refractivity contribution in [2.45, 2.75) is 13.0 Å². The summed E-state index contributed by atoms with van der Waals surface area (Å²) in [7, 11) is 0. The number of aliphatic hydroxyl groups is 1. The van der Waals surface area contributed by atoms with E-state index in [1.807, 2.05) is 13.0 Å². The van der Waals surface area contributed by atoms with Crippen LogP contribution >= 0.6 is 0 Å². The molecule has 0 aromatic carbocycles. The van der Waals surface area contributed by atoms with Crippen LogP contribution in [0.4, 0.5) is 11.6 Å². The third-order valence-corrected chi connectivity index (χ3v) is 2.92. The zero-order valence-corrected chi connectivity index (χ0v) is 11.2. The standard InChI is InChI=1S/C13H20N4O2/c1-3-4-14-12-7-13(16-10(2)15-12)17-5-6-19-11(8-17)9-18/h3,7,11,18H,1,4-6,8-9H2,2H3,(H,14,15,16). The second kappa shape index (κ2) is 6.49. The highest BCUT2D eigenvalue weighted by Crippen LogP contribution is 2.18. The van der Waals surface area contributed by atoms with Gasteiger partial charge in [-0.25, -0.2) is 9.97 Å². The van der Waals surface area contributed by atoms with Crippen molar-refractivity contribution >= 4 is 11.6 Å². The molecule has 104 valence electrons. The first-order valence-corrected chi connectivity index (χ1v) is 6.40. The first-order valence-electron chi connectivity index (χ1n) is 6.40. The first kappa shape index (κ1) is 13.8. The molecule has 0 radical (unpaired) electrons. The Labute approximate surface area is 113 Å². The van der Waals surface area contributed by atoms with Gasteiger partial charge in [0.05, 0.1) is 19.3 Å². The summed E-state index contributed by atoms with van der Waals surface area (Å²) in [6, 6.07) is 1.91. The van der Waals surface area contributed by atoms with Gasteiger partial charge in [-0.15, -0.1) is 6.58 Å². The molecule has 19 heavy (non-hydrogen) atoms. The molecule has 1 aromatic heterocycles. The van der Waals surface area contributed by atoms with Crippen LogP contribution in [0, 0.1) is 6.92 Å². The molecule has 2 heterocycles. The Balaban J connectivity index is 2.14. The summed E-state index contributed by atoms with van der Waals surface area (Å²) in [5.74, 6) is 2.37. The molecular weight excluding hydrogens is 244 g/mol. The molecule has 0 saturated carbocycles. The summed E-state index contributed by atoms with van der Waals surface area (Å²) in [4.78, 5) is 10.9. The molecule has 2 N–H and O–H groups in total. The smallest absolute Gasteiger partial charge is 0.134 e. The van der Waals surface area contributed by atoms with Gasteiger partial charge in [-0.2, -0.15) is 0 Å². The van der Waals surface area contributed by atoms with E-state index in [9.17, 15) is 5.11 Å². The number of hydrogen-bond acceptors (Lipinski definition) is 6. The molecule has 2 rings (SSSR count). The summed E-state index contributed by atoms with van der Waals surface area (Å²) in [6.45, 7) is 8.25. The fourth-order valence-electron chi connectivity index (χ4n) is 2.02. The van der Waals surface area contributed by atoms with Gasteiger partial charge in [-0.05, 0) is 6.92 Å². The van der Waals surface area contributed by atoms with E-state index in [0.717, 1.165) is 24.0 Å². The van der Waals surface area contributed by atoms with Crippen molar-refractivity contribution in [2.24, 2.45) is 0 Å². The largest absolute Gasteiger partial charge is 0.394 e. The van der Waals surface area contributed by atoms with Crippen LogP contribution in [0.2, 0.25) is 0 Å². The van der Waals surface area contributed by atoms with Gasteiger partial charge in [0, 0.05) is 25.7 Å². The molecular formula is C13H20N4O2. The quantitative estimate of drug-likeness (QED) is 0.758. The fraction of sp³-hybridized carbons (Fsp3) is 0.538. The van der Waals surface area contributed by atoms with Crippen molar-refractivity contribution in [3.8, 4) is 0 Å². The van der Waals surface area contributed by atoms with Gasteiger partial charge in [0.25, 0.3) is 0 Å². The lowest BCUT2D eigenvalue weighted by atomic mass is 10.3. The van der Waals surface area contributed by atoms with E-state index >= 15 is 0 Å². The summed E-state index contributed by atoms with van der Waals surface area (Å²) < 4.78 is 5.44. The number of nitrogens with one attached hydrogen (secondary N) is 1. The summed E-state index contributed by atoms with van der Waals surface area (Å²) in [5, 5.41) is 12.3. The minimum atomic E-state index is -0.145. The van der Waals surface area contributed by atoms with Crippen LogP contribution in [0.25, 0.3) is 0 Å². The molecule has 0 bridgehead atoms. The van der Waals surface area contributed by atoms with Crippen molar-refractivity contribution < 1.29 is 9.84 Å². The fourth-order valence-corrected chi connectivity index (χ4v) is 2.02. The maximum Gasteiger partial charge on any atom is 0.134 e. The van der Waals surface area contributed by atoms with Gasteiger partial charge in [0.1, 0.15) is 17.5 Å². The molecule has 1 atom stereocenters. The van der Waals surface area contributed by atoms with E-state index in [0.29, 0.717) is 19.7 Å². The Morgan fingerprint density at radius 2 is 2.47 bits per heavy atom. The summed E-state index contributed by atoms with van der Waals surface area (Å²) in [6.07, 6.45) is 1.64. The second-order valence-corrected chi connectivity index (χ2v) is 4.45. The van der Waals surface area contributed by atoms with Gasteiger partial charge in [-0.1, -0.05) is 6.08 Å². The number of morpholine rings is 1. The van der Waals surface area contributed by atoms with Crippen LogP contribution in [0.3, 0.4) is 0 Å². The molecule has 0 amide bonds. The molecule has 1 aliphatic heterocycles. The zero-order valence-electron chi connectivity index (χ0n) is 11.2. The lowest BCUT2D eigenvalue weighted by Gasteiger charge is -2.33. The Bertz CT molecular complexity index is 439. The van der Waals surface area contributed by atoms with Crippen LogP contribution in [0.15, 0.2) is 18.7 Å². The highest BCUT2D eigenvalue weighted by molar-refractivity contribution is 5.50. The van der Waals surface area contributed by atoms with Gasteiger partial charge in [-0.3, -0.25) is 0 Å². The highest BCUT2D eigenvalue weighted by Gasteiger charge is 2.21. The van der Waals surface area contributed by atoms with Crippen molar-refractivity contribution in [3.05, 3.63) is 24.5 Å². The predicted molar refractivity (Wildman–Crippen MR) is 74.5 cm³/mol. The number of aryl methyl sites for hydroxylation is 1. The van der Waals surface area contributed by atoms with E-state index in [1.165, 1.54) is 0 Å². The molecule has 1 aliphatic rings. The van der Waals surface area contributed by atoms with E-state index in [1.54, 1.807) is 6.08 Å². The monoisotopic (exact) mass is 264 g/mol. The molecule has 1 fully saturated rings. The average molecular weight is 264 g/mol. The van der Waals surface area contributed by atoms with Crippen LogP contribution in [0.5, 0.6) is 0 Å². The van der Waals surface area contributed by atoms with Crippen molar-refractivity contribution in [2.75, 3.05) is 43.1 Å². The van der Waals surface area contributed by atoms with E-state index < -0.39 is 0 Å². The normalized spacial score (nSPS) is 19.3. The highest BCUT2D eigenvalue weighted by atomic mass is 16.5.